The molecule has 0 atom stereocenters. The molecule has 17 heavy (non-hydrogen) atoms. The molecule has 0 amide bonds. The van der Waals surface area contributed by atoms with Crippen LogP contribution in [0.1, 0.15) is 17.2 Å². The molecule has 0 saturated heterocycles. The van der Waals surface area contributed by atoms with E-state index in [4.69, 9.17) is 27.6 Å². The van der Waals surface area contributed by atoms with Crippen molar-refractivity contribution in [2.24, 2.45) is 0 Å². The van der Waals surface area contributed by atoms with Gasteiger partial charge in [-0.1, -0.05) is 35.3 Å². The molecule has 2 aromatic rings. The first-order valence-electron chi connectivity index (χ1n) is 5.21. The summed E-state index contributed by atoms with van der Waals surface area (Å²) in [6.07, 6.45) is 1.70. The third kappa shape index (κ3) is 3.22. The van der Waals surface area contributed by atoms with Gasteiger partial charge in [-0.3, -0.25) is 0 Å². The van der Waals surface area contributed by atoms with Crippen molar-refractivity contribution in [2.45, 2.75) is 20.0 Å². The Morgan fingerprint density at radius 1 is 1.29 bits per heavy atom. The minimum Gasteiger partial charge on any atom is -0.445 e. The first kappa shape index (κ1) is 12.4. The highest BCUT2D eigenvalue weighted by Gasteiger charge is 2.05. The van der Waals surface area contributed by atoms with Crippen LogP contribution >= 0.6 is 23.2 Å². The second-order valence-electron chi connectivity index (χ2n) is 3.68. The highest BCUT2D eigenvalue weighted by Crippen LogP contribution is 2.25. The van der Waals surface area contributed by atoms with Gasteiger partial charge in [-0.2, -0.15) is 0 Å². The van der Waals surface area contributed by atoms with Crippen LogP contribution in [0, 0.1) is 6.92 Å². The summed E-state index contributed by atoms with van der Waals surface area (Å²) in [6, 6.07) is 5.58. The summed E-state index contributed by atoms with van der Waals surface area (Å²) in [4.78, 5) is 4.10. The summed E-state index contributed by atoms with van der Waals surface area (Å²) in [6.45, 7) is 3.06. The summed E-state index contributed by atoms with van der Waals surface area (Å²) in [7, 11) is 0. The van der Waals surface area contributed by atoms with Gasteiger partial charge in [0.05, 0.1) is 22.8 Å². The van der Waals surface area contributed by atoms with Crippen LogP contribution in [-0.4, -0.2) is 4.98 Å². The predicted octanol–water partition coefficient (Wildman–Crippen LogP) is 3.58. The number of benzene rings is 1. The summed E-state index contributed by atoms with van der Waals surface area (Å²) < 4.78 is 5.34. The van der Waals surface area contributed by atoms with Crippen molar-refractivity contribution >= 4 is 23.2 Å². The van der Waals surface area contributed by atoms with Gasteiger partial charge in [0.1, 0.15) is 5.76 Å². The predicted molar refractivity (Wildman–Crippen MR) is 68.2 cm³/mol. The average molecular weight is 271 g/mol. The topological polar surface area (TPSA) is 38.1 Å². The lowest BCUT2D eigenvalue weighted by atomic mass is 10.2. The van der Waals surface area contributed by atoms with E-state index in [2.05, 4.69) is 10.3 Å². The maximum atomic E-state index is 6.07. The molecular weight excluding hydrogens is 259 g/mol. The number of rotatable bonds is 4. The largest absolute Gasteiger partial charge is 0.445 e. The Hall–Kier alpha value is -1.03. The highest BCUT2D eigenvalue weighted by atomic mass is 35.5. The molecule has 1 heterocycles. The van der Waals surface area contributed by atoms with Gasteiger partial charge < -0.3 is 9.73 Å². The SMILES string of the molecule is Cc1cnc(CNCc2cccc(Cl)c2Cl)o1. The number of oxazole rings is 1. The molecule has 0 unspecified atom stereocenters. The zero-order valence-corrected chi connectivity index (χ0v) is 10.8. The van der Waals surface area contributed by atoms with E-state index in [-0.39, 0.29) is 0 Å². The molecule has 1 aromatic heterocycles. The Morgan fingerprint density at radius 3 is 2.82 bits per heavy atom. The fraction of sp³-hybridized carbons (Fsp3) is 0.250. The monoisotopic (exact) mass is 270 g/mol. The molecule has 0 radical (unpaired) electrons. The second-order valence-corrected chi connectivity index (χ2v) is 4.47. The third-order valence-corrected chi connectivity index (χ3v) is 3.15. The van der Waals surface area contributed by atoms with Crippen LogP contribution in [0.4, 0.5) is 0 Å². The van der Waals surface area contributed by atoms with Crippen molar-refractivity contribution in [3.05, 3.63) is 51.7 Å². The molecule has 1 N–H and O–H groups in total. The number of hydrogen-bond donors (Lipinski definition) is 1. The van der Waals surface area contributed by atoms with Crippen LogP contribution in [-0.2, 0) is 13.1 Å². The van der Waals surface area contributed by atoms with Crippen LogP contribution in [0.15, 0.2) is 28.8 Å². The van der Waals surface area contributed by atoms with E-state index in [1.807, 2.05) is 19.1 Å². The molecule has 0 bridgehead atoms. The Labute approximate surface area is 110 Å². The van der Waals surface area contributed by atoms with Crippen LogP contribution in [0.5, 0.6) is 0 Å². The number of nitrogens with zero attached hydrogens (tertiary/aromatic N) is 1. The first-order valence-corrected chi connectivity index (χ1v) is 5.97. The van der Waals surface area contributed by atoms with Crippen LogP contribution in [0.2, 0.25) is 10.0 Å². The lowest BCUT2D eigenvalue weighted by Crippen LogP contribution is -2.13. The quantitative estimate of drug-likeness (QED) is 0.923. The van der Waals surface area contributed by atoms with Gasteiger partial charge in [0.25, 0.3) is 0 Å². The van der Waals surface area contributed by atoms with Crippen LogP contribution < -0.4 is 5.32 Å². The fourth-order valence-electron chi connectivity index (χ4n) is 1.47. The van der Waals surface area contributed by atoms with Crippen LogP contribution in [0.25, 0.3) is 0 Å². The highest BCUT2D eigenvalue weighted by molar-refractivity contribution is 6.42. The molecule has 0 aliphatic carbocycles. The normalized spacial score (nSPS) is 10.8. The summed E-state index contributed by atoms with van der Waals surface area (Å²) in [5.41, 5.74) is 0.961. The number of hydrogen-bond acceptors (Lipinski definition) is 3. The Morgan fingerprint density at radius 2 is 2.12 bits per heavy atom. The Balaban J connectivity index is 1.92. The Kier molecular flexibility index (Phi) is 4.05. The van der Waals surface area contributed by atoms with E-state index in [9.17, 15) is 0 Å². The van der Waals surface area contributed by atoms with Gasteiger partial charge >= 0.3 is 0 Å². The van der Waals surface area contributed by atoms with Gasteiger partial charge in [-0.15, -0.1) is 0 Å². The smallest absolute Gasteiger partial charge is 0.208 e. The van der Waals surface area contributed by atoms with Gasteiger partial charge in [0.2, 0.25) is 5.89 Å². The molecule has 0 fully saturated rings. The molecule has 2 rings (SSSR count). The standard InChI is InChI=1S/C12H12Cl2N2O/c1-8-5-16-11(17-8)7-15-6-9-3-2-4-10(13)12(9)14/h2-5,15H,6-7H2,1H3. The lowest BCUT2D eigenvalue weighted by molar-refractivity contribution is 0.449. The molecular formula is C12H12Cl2N2O. The molecule has 0 saturated carbocycles. The third-order valence-electron chi connectivity index (χ3n) is 2.29. The minimum atomic E-state index is 0.566. The molecule has 0 aliphatic heterocycles. The molecule has 5 heteroatoms. The maximum absolute atomic E-state index is 6.07. The van der Waals surface area contributed by atoms with Crippen molar-refractivity contribution in [3.8, 4) is 0 Å². The number of aryl methyl sites for hydroxylation is 1. The summed E-state index contributed by atoms with van der Waals surface area (Å²) >= 11 is 12.0. The van der Waals surface area contributed by atoms with E-state index in [1.54, 1.807) is 12.3 Å². The maximum Gasteiger partial charge on any atom is 0.208 e. The summed E-state index contributed by atoms with van der Waals surface area (Å²) in [5.74, 6) is 1.48. The van der Waals surface area contributed by atoms with Crippen molar-refractivity contribution in [1.82, 2.24) is 10.3 Å². The van der Waals surface area contributed by atoms with Gasteiger partial charge in [0, 0.05) is 6.54 Å². The molecule has 90 valence electrons. The fourth-order valence-corrected chi connectivity index (χ4v) is 1.86. The van der Waals surface area contributed by atoms with E-state index >= 15 is 0 Å². The molecule has 3 nitrogen and oxygen atoms in total. The van der Waals surface area contributed by atoms with Gasteiger partial charge in [-0.05, 0) is 18.6 Å². The molecule has 0 spiro atoms. The van der Waals surface area contributed by atoms with E-state index in [0.717, 1.165) is 11.3 Å². The lowest BCUT2D eigenvalue weighted by Gasteiger charge is -2.06. The molecule has 1 aromatic carbocycles. The Bertz CT molecular complexity index is 511. The number of halogens is 2. The molecule has 0 aliphatic rings. The summed E-state index contributed by atoms with van der Waals surface area (Å²) in [5, 5.41) is 4.36. The number of nitrogens with one attached hydrogen (secondary N) is 1. The number of aromatic nitrogens is 1. The minimum absolute atomic E-state index is 0.566. The van der Waals surface area contributed by atoms with Crippen molar-refractivity contribution < 1.29 is 4.42 Å². The van der Waals surface area contributed by atoms with Gasteiger partial charge in [-0.25, -0.2) is 4.98 Å². The first-order chi connectivity index (χ1) is 8.16. The zero-order valence-electron chi connectivity index (χ0n) is 9.34. The average Bonchev–Trinajstić information content (AvgIpc) is 2.70. The van der Waals surface area contributed by atoms with Crippen molar-refractivity contribution in [2.75, 3.05) is 0 Å². The van der Waals surface area contributed by atoms with Gasteiger partial charge in [0.15, 0.2) is 0 Å². The second kappa shape index (κ2) is 5.54. The van der Waals surface area contributed by atoms with E-state index < -0.39 is 0 Å². The van der Waals surface area contributed by atoms with Crippen LogP contribution in [0.3, 0.4) is 0 Å². The van der Waals surface area contributed by atoms with Crippen molar-refractivity contribution in [3.63, 3.8) is 0 Å². The van der Waals surface area contributed by atoms with E-state index in [1.165, 1.54) is 0 Å². The van der Waals surface area contributed by atoms with E-state index in [0.29, 0.717) is 29.0 Å². The van der Waals surface area contributed by atoms with Crippen molar-refractivity contribution in [1.29, 1.82) is 0 Å². The zero-order chi connectivity index (χ0) is 12.3.